The molecule has 4 N–H and O–H groups in total. The zero-order valence-corrected chi connectivity index (χ0v) is 20.5. The van der Waals surface area contributed by atoms with Crippen molar-refractivity contribution in [3.05, 3.63) is 52.9 Å². The van der Waals surface area contributed by atoms with Gasteiger partial charge in [-0.15, -0.1) is 8.78 Å². The van der Waals surface area contributed by atoms with Crippen LogP contribution in [0.1, 0.15) is 45.2 Å². The van der Waals surface area contributed by atoms with E-state index in [1.807, 2.05) is 0 Å². The molecular weight excluding hydrogens is 493 g/mol. The van der Waals surface area contributed by atoms with Gasteiger partial charge in [-0.05, 0) is 37.5 Å². The van der Waals surface area contributed by atoms with Crippen molar-refractivity contribution in [1.82, 2.24) is 4.57 Å². The monoisotopic (exact) mass is 522 g/mol. The van der Waals surface area contributed by atoms with E-state index in [0.29, 0.717) is 41.4 Å². The Morgan fingerprint density at radius 3 is 2.57 bits per heavy atom. The van der Waals surface area contributed by atoms with Crippen LogP contribution in [0.25, 0.3) is 10.9 Å². The number of amides is 1. The lowest BCUT2D eigenvalue weighted by atomic mass is 9.87. The molecule has 37 heavy (non-hydrogen) atoms. The Kier molecular flexibility index (Phi) is 6.08. The summed E-state index contributed by atoms with van der Waals surface area (Å²) in [7, 11) is 0. The molecule has 1 aromatic carbocycles. The molecule has 1 aromatic heterocycles. The van der Waals surface area contributed by atoms with Gasteiger partial charge in [0.25, 0.3) is 0 Å². The fraction of sp³-hybridized carbons (Fsp3) is 0.500. The first-order valence-corrected chi connectivity index (χ1v) is 12.1. The Hall–Kier alpha value is -3.02. The van der Waals surface area contributed by atoms with Crippen LogP contribution in [0.5, 0.6) is 0 Å². The van der Waals surface area contributed by atoms with Gasteiger partial charge in [-0.25, -0.2) is 4.39 Å². The molecule has 2 aromatic rings. The predicted octanol–water partition coefficient (Wildman–Crippen LogP) is 3.65. The molecule has 2 heterocycles. The topological polar surface area (TPSA) is 113 Å². The molecule has 8 nitrogen and oxygen atoms in total. The summed E-state index contributed by atoms with van der Waals surface area (Å²) < 4.78 is 52.8. The number of aliphatic hydroxyl groups excluding tert-OH is 3. The molecule has 0 spiro atoms. The van der Waals surface area contributed by atoms with Crippen molar-refractivity contribution in [1.29, 1.82) is 0 Å². The molecule has 1 atom stereocenters. The number of fused-ring (bicyclic) bond motifs is 1. The number of carbonyl (C=O) groups is 1. The highest BCUT2D eigenvalue weighted by Gasteiger charge is 2.55. The zero-order chi connectivity index (χ0) is 26.8. The minimum absolute atomic E-state index is 0.0101. The predicted molar refractivity (Wildman–Crippen MR) is 127 cm³/mol. The van der Waals surface area contributed by atoms with Crippen LogP contribution < -0.4 is 5.32 Å². The van der Waals surface area contributed by atoms with E-state index in [2.05, 4.69) is 14.8 Å². The molecule has 5 rings (SSSR count). The molecule has 0 bridgehead atoms. The highest BCUT2D eigenvalue weighted by molar-refractivity contribution is 6.01. The van der Waals surface area contributed by atoms with Gasteiger partial charge in [0.15, 0.2) is 5.76 Å². The van der Waals surface area contributed by atoms with Gasteiger partial charge in [0, 0.05) is 29.0 Å². The van der Waals surface area contributed by atoms with Crippen molar-refractivity contribution < 1.29 is 42.8 Å². The van der Waals surface area contributed by atoms with Crippen molar-refractivity contribution in [3.8, 4) is 0 Å². The number of aromatic nitrogens is 1. The third-order valence-corrected chi connectivity index (χ3v) is 7.40. The van der Waals surface area contributed by atoms with Gasteiger partial charge in [0.05, 0.1) is 42.5 Å². The average molecular weight is 523 g/mol. The van der Waals surface area contributed by atoms with E-state index in [4.69, 9.17) is 0 Å². The maximum atomic E-state index is 15.2. The van der Waals surface area contributed by atoms with E-state index in [9.17, 15) is 28.9 Å². The van der Waals surface area contributed by atoms with Gasteiger partial charge in [-0.3, -0.25) is 4.79 Å². The van der Waals surface area contributed by atoms with Gasteiger partial charge < -0.3 is 34.7 Å². The summed E-state index contributed by atoms with van der Waals surface area (Å²) in [5.41, 5.74) is 0.0154. The minimum Gasteiger partial charge on any atom is -0.400 e. The number of aliphatic hydroxyl groups is 3. The largest absolute Gasteiger partial charge is 0.585 e. The third-order valence-electron chi connectivity index (χ3n) is 7.40. The highest BCUT2D eigenvalue weighted by Crippen LogP contribution is 2.56. The van der Waals surface area contributed by atoms with Crippen LogP contribution in [0.15, 0.2) is 41.4 Å². The Bertz CT molecular complexity index is 1330. The lowest BCUT2D eigenvalue weighted by molar-refractivity contribution is -0.336. The van der Waals surface area contributed by atoms with Crippen molar-refractivity contribution in [2.24, 2.45) is 5.41 Å². The van der Waals surface area contributed by atoms with E-state index in [1.54, 1.807) is 24.5 Å². The summed E-state index contributed by atoms with van der Waals surface area (Å²) in [6.07, 6.45) is -1.85. The second kappa shape index (κ2) is 8.78. The smallest absolute Gasteiger partial charge is 0.400 e. The SMILES string of the molecule is CC(C)(CO)c1cc2cc(NC(=O)C3(C4=CC5=C(CC4)OC(F)(F)O5)CC3)c(F)cc2n1CC(O)CO. The lowest BCUT2D eigenvalue weighted by Crippen LogP contribution is -2.29. The van der Waals surface area contributed by atoms with Crippen molar-refractivity contribution in [2.45, 2.75) is 63.9 Å². The van der Waals surface area contributed by atoms with E-state index in [0.717, 1.165) is 0 Å². The standard InChI is InChI=1S/C26H29F3N2O6/c1-24(2,13-33)22-8-14-7-18(17(27)10-19(14)31(22)11-16(34)12-32)30-23(35)25(5-6-25)15-3-4-20-21(9-15)37-26(28,29)36-20/h7-10,16,32-34H,3-6,11-13H2,1-2H3,(H,30,35). The first kappa shape index (κ1) is 25.6. The molecule has 1 aliphatic heterocycles. The van der Waals surface area contributed by atoms with Crippen molar-refractivity contribution in [3.63, 3.8) is 0 Å². The number of allylic oxidation sites excluding steroid dienone is 2. The van der Waals surface area contributed by atoms with E-state index in [-0.39, 0.29) is 36.8 Å². The summed E-state index contributed by atoms with van der Waals surface area (Å²) >= 11 is 0. The molecule has 3 aliphatic rings. The Balaban J connectivity index is 1.44. The van der Waals surface area contributed by atoms with Gasteiger partial charge >= 0.3 is 6.29 Å². The molecule has 11 heteroatoms. The van der Waals surface area contributed by atoms with E-state index < -0.39 is 41.6 Å². The number of nitrogens with one attached hydrogen (secondary N) is 1. The number of ether oxygens (including phenoxy) is 2. The molecule has 200 valence electrons. The Morgan fingerprint density at radius 2 is 1.92 bits per heavy atom. The fourth-order valence-corrected chi connectivity index (χ4v) is 5.09. The summed E-state index contributed by atoms with van der Waals surface area (Å²) in [5, 5.41) is 32.5. The lowest BCUT2D eigenvalue weighted by Gasteiger charge is -2.25. The number of carbonyl (C=O) groups excluding carboxylic acids is 1. The number of halogens is 3. The number of hydrogen-bond donors (Lipinski definition) is 4. The van der Waals surface area contributed by atoms with E-state index >= 15 is 4.39 Å². The Labute approximate surface area is 211 Å². The Morgan fingerprint density at radius 1 is 1.19 bits per heavy atom. The molecule has 0 saturated heterocycles. The van der Waals surface area contributed by atoms with Gasteiger partial charge in [0.1, 0.15) is 11.6 Å². The summed E-state index contributed by atoms with van der Waals surface area (Å²) in [6.45, 7) is 2.89. The number of nitrogens with zero attached hydrogens (tertiary/aromatic N) is 1. The number of anilines is 1. The van der Waals surface area contributed by atoms with Crippen LogP contribution in [-0.4, -0.2) is 51.4 Å². The quantitative estimate of drug-likeness (QED) is 0.421. The fourth-order valence-electron chi connectivity index (χ4n) is 5.09. The normalized spacial score (nSPS) is 20.7. The average Bonchev–Trinajstić information content (AvgIpc) is 3.50. The maximum Gasteiger partial charge on any atom is 0.585 e. The van der Waals surface area contributed by atoms with E-state index in [1.165, 1.54) is 18.2 Å². The third kappa shape index (κ3) is 4.49. The first-order valence-electron chi connectivity index (χ1n) is 12.1. The summed E-state index contributed by atoms with van der Waals surface area (Å²) in [6, 6.07) is 4.49. The molecule has 1 unspecified atom stereocenters. The zero-order valence-electron chi connectivity index (χ0n) is 20.5. The van der Waals surface area contributed by atoms with Crippen LogP contribution in [0.2, 0.25) is 0 Å². The van der Waals surface area contributed by atoms with Crippen LogP contribution in [0.4, 0.5) is 18.9 Å². The molecule has 1 saturated carbocycles. The molecular formula is C26H29F3N2O6. The summed E-state index contributed by atoms with van der Waals surface area (Å²) in [4.78, 5) is 13.3. The molecule has 1 amide bonds. The van der Waals surface area contributed by atoms with Crippen LogP contribution in [0.3, 0.4) is 0 Å². The molecule has 0 radical (unpaired) electrons. The van der Waals surface area contributed by atoms with Gasteiger partial charge in [-0.2, -0.15) is 0 Å². The van der Waals surface area contributed by atoms with Crippen molar-refractivity contribution >= 4 is 22.5 Å². The second-order valence-electron chi connectivity index (χ2n) is 10.6. The van der Waals surface area contributed by atoms with Crippen LogP contribution in [0, 0.1) is 11.2 Å². The van der Waals surface area contributed by atoms with Gasteiger partial charge in [0.2, 0.25) is 5.91 Å². The molecule has 1 fully saturated rings. The van der Waals surface area contributed by atoms with Crippen LogP contribution >= 0.6 is 0 Å². The van der Waals surface area contributed by atoms with Crippen molar-refractivity contribution in [2.75, 3.05) is 18.5 Å². The minimum atomic E-state index is -3.72. The number of hydrogen-bond acceptors (Lipinski definition) is 6. The maximum absolute atomic E-state index is 15.2. The summed E-state index contributed by atoms with van der Waals surface area (Å²) in [5.74, 6) is -1.15. The van der Waals surface area contributed by atoms with Crippen LogP contribution in [-0.2, 0) is 26.2 Å². The number of alkyl halides is 2. The number of rotatable bonds is 8. The molecule has 2 aliphatic carbocycles. The highest BCUT2D eigenvalue weighted by atomic mass is 19.3. The first-order chi connectivity index (χ1) is 17.4. The van der Waals surface area contributed by atoms with Gasteiger partial charge in [-0.1, -0.05) is 19.4 Å². The second-order valence-corrected chi connectivity index (χ2v) is 10.6. The number of benzene rings is 1.